The fourth-order valence-electron chi connectivity index (χ4n) is 1.97. The van der Waals surface area contributed by atoms with Crippen LogP contribution in [-0.4, -0.2) is 12.0 Å². The normalized spacial score (nSPS) is 10.7. The van der Waals surface area contributed by atoms with Crippen LogP contribution in [0.15, 0.2) is 17.5 Å². The van der Waals surface area contributed by atoms with Crippen LogP contribution in [0.3, 0.4) is 0 Å². The Hall–Kier alpha value is -1.39. The summed E-state index contributed by atoms with van der Waals surface area (Å²) in [5.74, 6) is 0.961. The number of nitrogens with zero attached hydrogens (tertiary/aromatic N) is 1. The lowest BCUT2D eigenvalue weighted by Crippen LogP contribution is -2.05. The summed E-state index contributed by atoms with van der Waals surface area (Å²) in [7, 11) is 1.93. The van der Waals surface area contributed by atoms with E-state index >= 15 is 0 Å². The van der Waals surface area contributed by atoms with Crippen molar-refractivity contribution in [3.05, 3.63) is 44.9 Å². The summed E-state index contributed by atoms with van der Waals surface area (Å²) in [5, 5.41) is 6.19. The molecule has 1 aromatic heterocycles. The lowest BCUT2D eigenvalue weighted by atomic mass is 10.1. The van der Waals surface area contributed by atoms with Gasteiger partial charge in [-0.3, -0.25) is 0 Å². The molecular weight excluding hydrogens is 256 g/mol. The maximum atomic E-state index is 5.90. The number of ether oxygens (including phenoxy) is 1. The molecule has 19 heavy (non-hydrogen) atoms. The summed E-state index contributed by atoms with van der Waals surface area (Å²) < 4.78 is 5.90. The van der Waals surface area contributed by atoms with Crippen molar-refractivity contribution in [1.29, 1.82) is 0 Å². The van der Waals surface area contributed by atoms with Gasteiger partial charge in [-0.2, -0.15) is 0 Å². The van der Waals surface area contributed by atoms with Gasteiger partial charge in [-0.25, -0.2) is 4.98 Å². The third-order valence-electron chi connectivity index (χ3n) is 3.07. The second-order valence-electron chi connectivity index (χ2n) is 4.76. The summed E-state index contributed by atoms with van der Waals surface area (Å²) in [6.07, 6.45) is 0. The van der Waals surface area contributed by atoms with E-state index in [-0.39, 0.29) is 0 Å². The Bertz CT molecular complexity index is 563. The number of rotatable bonds is 5. The minimum Gasteiger partial charge on any atom is -0.486 e. The first-order chi connectivity index (χ1) is 9.10. The van der Waals surface area contributed by atoms with Crippen molar-refractivity contribution in [3.63, 3.8) is 0 Å². The van der Waals surface area contributed by atoms with Crippen molar-refractivity contribution >= 4 is 11.3 Å². The van der Waals surface area contributed by atoms with E-state index in [9.17, 15) is 0 Å². The van der Waals surface area contributed by atoms with Gasteiger partial charge in [-0.1, -0.05) is 6.07 Å². The molecule has 102 valence electrons. The Morgan fingerprint density at radius 3 is 2.79 bits per heavy atom. The maximum absolute atomic E-state index is 5.90. The Morgan fingerprint density at radius 2 is 2.05 bits per heavy atom. The van der Waals surface area contributed by atoms with E-state index in [1.54, 1.807) is 11.3 Å². The number of nitrogens with one attached hydrogen (secondary N) is 1. The number of benzene rings is 1. The number of thiazole rings is 1. The highest BCUT2D eigenvalue weighted by Gasteiger charge is 2.06. The second-order valence-corrected chi connectivity index (χ2v) is 5.70. The molecule has 0 saturated carbocycles. The predicted octanol–water partition coefficient (Wildman–Crippen LogP) is 3.37. The molecule has 2 rings (SSSR count). The van der Waals surface area contributed by atoms with Crippen molar-refractivity contribution < 1.29 is 4.74 Å². The Kier molecular flexibility index (Phi) is 4.56. The lowest BCUT2D eigenvalue weighted by molar-refractivity contribution is 0.302. The van der Waals surface area contributed by atoms with Gasteiger partial charge in [0.2, 0.25) is 0 Å². The molecule has 0 aliphatic carbocycles. The zero-order chi connectivity index (χ0) is 13.8. The highest BCUT2D eigenvalue weighted by atomic mass is 32.1. The number of hydrogen-bond acceptors (Lipinski definition) is 4. The van der Waals surface area contributed by atoms with E-state index in [0.717, 1.165) is 23.0 Å². The zero-order valence-corrected chi connectivity index (χ0v) is 12.7. The largest absolute Gasteiger partial charge is 0.486 e. The van der Waals surface area contributed by atoms with Crippen molar-refractivity contribution in [2.24, 2.45) is 0 Å². The molecule has 0 atom stereocenters. The maximum Gasteiger partial charge on any atom is 0.140 e. The fraction of sp³-hybridized carbons (Fsp3) is 0.400. The van der Waals surface area contributed by atoms with Crippen LogP contribution in [0, 0.1) is 20.8 Å². The summed E-state index contributed by atoms with van der Waals surface area (Å²) in [5.41, 5.74) is 4.78. The van der Waals surface area contributed by atoms with Crippen LogP contribution in [0.1, 0.15) is 27.4 Å². The third-order valence-corrected chi connectivity index (χ3v) is 3.94. The van der Waals surface area contributed by atoms with Crippen LogP contribution in [0.25, 0.3) is 0 Å². The van der Waals surface area contributed by atoms with Crippen LogP contribution in [0.2, 0.25) is 0 Å². The number of hydrogen-bond donors (Lipinski definition) is 1. The SMILES string of the molecule is CNCc1csc(COc2cc(C)cc(C)c2C)n1. The van der Waals surface area contributed by atoms with Gasteiger partial charge >= 0.3 is 0 Å². The average Bonchev–Trinajstić information content (AvgIpc) is 2.80. The van der Waals surface area contributed by atoms with Crippen molar-refractivity contribution in [3.8, 4) is 5.75 Å². The molecule has 0 aliphatic heterocycles. The Balaban J connectivity index is 2.05. The molecule has 1 heterocycles. The van der Waals surface area contributed by atoms with Gasteiger partial charge < -0.3 is 10.1 Å². The molecule has 0 bridgehead atoms. The molecule has 0 radical (unpaired) electrons. The molecule has 3 nitrogen and oxygen atoms in total. The van der Waals surface area contributed by atoms with Crippen LogP contribution in [0.4, 0.5) is 0 Å². The van der Waals surface area contributed by atoms with Gasteiger partial charge in [0.05, 0.1) is 5.69 Å². The smallest absolute Gasteiger partial charge is 0.140 e. The van der Waals surface area contributed by atoms with E-state index in [2.05, 4.69) is 48.6 Å². The first-order valence-corrected chi connectivity index (χ1v) is 7.26. The van der Waals surface area contributed by atoms with Crippen LogP contribution < -0.4 is 10.1 Å². The molecule has 1 aromatic carbocycles. The van der Waals surface area contributed by atoms with Gasteiger partial charge in [0.1, 0.15) is 17.4 Å². The number of aryl methyl sites for hydroxylation is 2. The second kappa shape index (κ2) is 6.17. The minimum absolute atomic E-state index is 0.540. The third kappa shape index (κ3) is 3.55. The Labute approximate surface area is 118 Å². The predicted molar refractivity (Wildman–Crippen MR) is 79.9 cm³/mol. The molecule has 0 fully saturated rings. The summed E-state index contributed by atoms with van der Waals surface area (Å²) >= 11 is 1.65. The minimum atomic E-state index is 0.540. The standard InChI is InChI=1S/C15H20N2OS/c1-10-5-11(2)12(3)14(6-10)18-8-15-17-13(7-16-4)9-19-15/h5-6,9,16H,7-8H2,1-4H3. The molecule has 0 amide bonds. The van der Waals surface area contributed by atoms with E-state index in [1.165, 1.54) is 16.7 Å². The first kappa shape index (κ1) is 14.0. The monoisotopic (exact) mass is 276 g/mol. The molecule has 0 aliphatic rings. The van der Waals surface area contributed by atoms with Gasteiger partial charge in [-0.15, -0.1) is 11.3 Å². The molecule has 0 spiro atoms. The highest BCUT2D eigenvalue weighted by Crippen LogP contribution is 2.24. The van der Waals surface area contributed by atoms with E-state index in [1.807, 2.05) is 7.05 Å². The summed E-state index contributed by atoms with van der Waals surface area (Å²) in [6.45, 7) is 7.65. The molecule has 1 N–H and O–H groups in total. The quantitative estimate of drug-likeness (QED) is 0.909. The topological polar surface area (TPSA) is 34.1 Å². The fourth-order valence-corrected chi connectivity index (χ4v) is 2.67. The highest BCUT2D eigenvalue weighted by molar-refractivity contribution is 7.09. The van der Waals surface area contributed by atoms with Crippen LogP contribution >= 0.6 is 11.3 Å². The molecule has 2 aromatic rings. The Morgan fingerprint density at radius 1 is 1.26 bits per heavy atom. The van der Waals surface area contributed by atoms with E-state index in [4.69, 9.17) is 4.74 Å². The van der Waals surface area contributed by atoms with E-state index < -0.39 is 0 Å². The van der Waals surface area contributed by atoms with Crippen molar-refractivity contribution in [2.75, 3.05) is 7.05 Å². The van der Waals surface area contributed by atoms with E-state index in [0.29, 0.717) is 6.61 Å². The lowest BCUT2D eigenvalue weighted by Gasteiger charge is -2.11. The first-order valence-electron chi connectivity index (χ1n) is 6.38. The summed E-state index contributed by atoms with van der Waals surface area (Å²) in [4.78, 5) is 4.52. The van der Waals surface area contributed by atoms with Gasteiger partial charge in [0, 0.05) is 11.9 Å². The number of aromatic nitrogens is 1. The van der Waals surface area contributed by atoms with Gasteiger partial charge in [-0.05, 0) is 50.6 Å². The average molecular weight is 276 g/mol. The van der Waals surface area contributed by atoms with Gasteiger partial charge in [0.25, 0.3) is 0 Å². The van der Waals surface area contributed by atoms with Crippen molar-refractivity contribution in [2.45, 2.75) is 33.9 Å². The van der Waals surface area contributed by atoms with Crippen molar-refractivity contribution in [1.82, 2.24) is 10.3 Å². The molecular formula is C15H20N2OS. The molecule has 4 heteroatoms. The van der Waals surface area contributed by atoms with Gasteiger partial charge in [0.15, 0.2) is 0 Å². The molecule has 0 saturated heterocycles. The zero-order valence-electron chi connectivity index (χ0n) is 11.9. The molecule has 0 unspecified atom stereocenters. The summed E-state index contributed by atoms with van der Waals surface area (Å²) in [6, 6.07) is 4.26. The van der Waals surface area contributed by atoms with Crippen LogP contribution in [-0.2, 0) is 13.2 Å². The van der Waals surface area contributed by atoms with Crippen LogP contribution in [0.5, 0.6) is 5.75 Å².